The van der Waals surface area contributed by atoms with E-state index >= 15 is 0 Å². The van der Waals surface area contributed by atoms with Gasteiger partial charge in [0.2, 0.25) is 5.91 Å². The van der Waals surface area contributed by atoms with Crippen LogP contribution in [0.5, 0.6) is 0 Å². The number of halogens is 1. The van der Waals surface area contributed by atoms with Crippen molar-refractivity contribution in [1.29, 1.82) is 0 Å². The fourth-order valence-corrected chi connectivity index (χ4v) is 3.59. The highest BCUT2D eigenvalue weighted by Crippen LogP contribution is 2.27. The van der Waals surface area contributed by atoms with Gasteiger partial charge in [0.25, 0.3) is 0 Å². The fraction of sp³-hybridized carbons (Fsp3) is 0.211. The number of rotatable bonds is 6. The van der Waals surface area contributed by atoms with E-state index in [9.17, 15) is 9.59 Å². The fourth-order valence-electron chi connectivity index (χ4n) is 2.61. The average molecular weight is 403 g/mol. The standard InChI is InChI=1S/C19H19ClN4O2S/c1-2-21-18(26)23-17(25)12-27-19-22-15-10-14(20)8-9-16(15)24(19)11-13-6-4-3-5-7-13/h3-10H,2,11-12H2,1H3,(H2,21,23,25,26). The molecule has 0 aliphatic carbocycles. The van der Waals surface area contributed by atoms with Crippen molar-refractivity contribution >= 4 is 46.3 Å². The van der Waals surface area contributed by atoms with Gasteiger partial charge in [-0.1, -0.05) is 53.7 Å². The van der Waals surface area contributed by atoms with Crippen molar-refractivity contribution in [3.05, 3.63) is 59.1 Å². The number of carbonyl (C=O) groups excluding carboxylic acids is 2. The number of amides is 3. The first-order valence-electron chi connectivity index (χ1n) is 8.47. The molecule has 0 fully saturated rings. The van der Waals surface area contributed by atoms with E-state index in [-0.39, 0.29) is 11.7 Å². The quantitative estimate of drug-likeness (QED) is 0.617. The molecule has 0 aliphatic rings. The van der Waals surface area contributed by atoms with Crippen molar-refractivity contribution in [1.82, 2.24) is 20.2 Å². The summed E-state index contributed by atoms with van der Waals surface area (Å²) < 4.78 is 2.05. The number of fused-ring (bicyclic) bond motifs is 1. The second-order valence-electron chi connectivity index (χ2n) is 5.80. The van der Waals surface area contributed by atoms with Gasteiger partial charge in [0.1, 0.15) is 0 Å². The molecule has 3 aromatic rings. The summed E-state index contributed by atoms with van der Waals surface area (Å²) in [6.07, 6.45) is 0. The lowest BCUT2D eigenvalue weighted by molar-refractivity contribution is -0.117. The molecule has 2 N–H and O–H groups in total. The normalized spacial score (nSPS) is 10.7. The third kappa shape index (κ3) is 5.02. The van der Waals surface area contributed by atoms with Crippen LogP contribution in [0.1, 0.15) is 12.5 Å². The van der Waals surface area contributed by atoms with Crippen LogP contribution in [0.4, 0.5) is 4.79 Å². The van der Waals surface area contributed by atoms with Crippen LogP contribution in [0, 0.1) is 0 Å². The third-order valence-electron chi connectivity index (χ3n) is 3.78. The number of nitrogens with zero attached hydrogens (tertiary/aromatic N) is 2. The highest BCUT2D eigenvalue weighted by atomic mass is 35.5. The van der Waals surface area contributed by atoms with Gasteiger partial charge in [-0.15, -0.1) is 0 Å². The highest BCUT2D eigenvalue weighted by Gasteiger charge is 2.15. The molecule has 3 amide bonds. The second kappa shape index (κ2) is 8.92. The van der Waals surface area contributed by atoms with Gasteiger partial charge < -0.3 is 9.88 Å². The Balaban J connectivity index is 1.82. The number of imide groups is 1. The van der Waals surface area contributed by atoms with Crippen LogP contribution in [0.25, 0.3) is 11.0 Å². The predicted octanol–water partition coefficient (Wildman–Crippen LogP) is 3.68. The van der Waals surface area contributed by atoms with Gasteiger partial charge >= 0.3 is 6.03 Å². The van der Waals surface area contributed by atoms with E-state index < -0.39 is 6.03 Å². The molecule has 8 heteroatoms. The number of nitrogens with one attached hydrogen (secondary N) is 2. The van der Waals surface area contributed by atoms with Crippen LogP contribution in [-0.4, -0.2) is 33.8 Å². The summed E-state index contributed by atoms with van der Waals surface area (Å²) in [4.78, 5) is 28.1. The summed E-state index contributed by atoms with van der Waals surface area (Å²) in [6.45, 7) is 2.87. The Morgan fingerprint density at radius 1 is 1.19 bits per heavy atom. The summed E-state index contributed by atoms with van der Waals surface area (Å²) in [5.74, 6) is -0.287. The molecular formula is C19H19ClN4O2S. The third-order valence-corrected chi connectivity index (χ3v) is 4.99. The van der Waals surface area contributed by atoms with Crippen molar-refractivity contribution in [2.75, 3.05) is 12.3 Å². The number of hydrogen-bond acceptors (Lipinski definition) is 4. The zero-order valence-electron chi connectivity index (χ0n) is 14.7. The number of aromatic nitrogens is 2. The van der Waals surface area contributed by atoms with Gasteiger partial charge in [0, 0.05) is 11.6 Å². The van der Waals surface area contributed by atoms with E-state index in [0.29, 0.717) is 23.3 Å². The first kappa shape index (κ1) is 19.3. The van der Waals surface area contributed by atoms with Gasteiger partial charge in [0.15, 0.2) is 5.16 Å². The number of imidazole rings is 1. The summed E-state index contributed by atoms with van der Waals surface area (Å²) in [7, 11) is 0. The largest absolute Gasteiger partial charge is 0.338 e. The number of urea groups is 1. The van der Waals surface area contributed by atoms with Crippen LogP contribution < -0.4 is 10.6 Å². The lowest BCUT2D eigenvalue weighted by Crippen LogP contribution is -2.40. The van der Waals surface area contributed by atoms with Gasteiger partial charge in [0.05, 0.1) is 23.3 Å². The SMILES string of the molecule is CCNC(=O)NC(=O)CSc1nc2cc(Cl)ccc2n1Cc1ccccc1. The minimum Gasteiger partial charge on any atom is -0.338 e. The lowest BCUT2D eigenvalue weighted by Gasteiger charge is -2.09. The minimum atomic E-state index is -0.493. The Morgan fingerprint density at radius 3 is 2.70 bits per heavy atom. The van der Waals surface area contributed by atoms with Crippen molar-refractivity contribution in [2.24, 2.45) is 0 Å². The van der Waals surface area contributed by atoms with Gasteiger partial charge in [-0.3, -0.25) is 10.1 Å². The molecule has 0 radical (unpaired) electrons. The topological polar surface area (TPSA) is 76.0 Å². The molecule has 3 rings (SSSR count). The highest BCUT2D eigenvalue weighted by molar-refractivity contribution is 7.99. The smallest absolute Gasteiger partial charge is 0.321 e. The number of thioether (sulfide) groups is 1. The molecule has 1 aromatic heterocycles. The van der Waals surface area contributed by atoms with Crippen molar-refractivity contribution in [2.45, 2.75) is 18.6 Å². The first-order valence-corrected chi connectivity index (χ1v) is 9.83. The predicted molar refractivity (Wildman–Crippen MR) is 108 cm³/mol. The average Bonchev–Trinajstić information content (AvgIpc) is 2.97. The van der Waals surface area contributed by atoms with Crippen molar-refractivity contribution in [3.8, 4) is 0 Å². The summed E-state index contributed by atoms with van der Waals surface area (Å²) in [5.41, 5.74) is 2.83. The molecular weight excluding hydrogens is 384 g/mol. The van der Waals surface area contributed by atoms with E-state index in [2.05, 4.69) is 15.6 Å². The van der Waals surface area contributed by atoms with Crippen LogP contribution in [0.3, 0.4) is 0 Å². The molecule has 0 unspecified atom stereocenters. The maximum Gasteiger partial charge on any atom is 0.321 e. The minimum absolute atomic E-state index is 0.0863. The van der Waals surface area contributed by atoms with E-state index in [4.69, 9.17) is 11.6 Å². The van der Waals surface area contributed by atoms with Gasteiger partial charge in [-0.2, -0.15) is 0 Å². The molecule has 6 nitrogen and oxygen atoms in total. The summed E-state index contributed by atoms with van der Waals surface area (Å²) in [6, 6.07) is 15.1. The monoisotopic (exact) mass is 402 g/mol. The van der Waals surface area contributed by atoms with Crippen LogP contribution in [0.15, 0.2) is 53.7 Å². The Bertz CT molecular complexity index is 959. The molecule has 0 saturated heterocycles. The molecule has 27 heavy (non-hydrogen) atoms. The Hall–Kier alpha value is -2.51. The zero-order valence-corrected chi connectivity index (χ0v) is 16.3. The molecule has 0 aliphatic heterocycles. The van der Waals surface area contributed by atoms with Crippen molar-refractivity contribution in [3.63, 3.8) is 0 Å². The van der Waals surface area contributed by atoms with Crippen LogP contribution in [0.2, 0.25) is 5.02 Å². The zero-order chi connectivity index (χ0) is 19.2. The lowest BCUT2D eigenvalue weighted by atomic mass is 10.2. The number of benzene rings is 2. The van der Waals surface area contributed by atoms with Gasteiger partial charge in [-0.25, -0.2) is 9.78 Å². The molecule has 140 valence electrons. The summed E-state index contributed by atoms with van der Waals surface area (Å²) >= 11 is 7.37. The molecule has 0 saturated carbocycles. The van der Waals surface area contributed by atoms with Crippen LogP contribution >= 0.6 is 23.4 Å². The Morgan fingerprint density at radius 2 is 1.96 bits per heavy atom. The maximum absolute atomic E-state index is 12.0. The first-order chi connectivity index (χ1) is 13.1. The Labute approximate surface area is 166 Å². The van der Waals surface area contributed by atoms with E-state index in [1.807, 2.05) is 47.0 Å². The van der Waals surface area contributed by atoms with Crippen LogP contribution in [-0.2, 0) is 11.3 Å². The maximum atomic E-state index is 12.0. The summed E-state index contributed by atoms with van der Waals surface area (Å²) in [5, 5.41) is 6.13. The number of hydrogen-bond donors (Lipinski definition) is 2. The van der Waals surface area contributed by atoms with E-state index in [1.165, 1.54) is 11.8 Å². The van der Waals surface area contributed by atoms with E-state index in [0.717, 1.165) is 16.6 Å². The molecule has 0 spiro atoms. The van der Waals surface area contributed by atoms with Gasteiger partial charge in [-0.05, 0) is 30.7 Å². The Kier molecular flexibility index (Phi) is 6.36. The van der Waals surface area contributed by atoms with E-state index in [1.54, 1.807) is 13.0 Å². The molecule has 1 heterocycles. The molecule has 0 atom stereocenters. The number of carbonyl (C=O) groups is 2. The molecule has 2 aromatic carbocycles. The van der Waals surface area contributed by atoms with Crippen molar-refractivity contribution < 1.29 is 9.59 Å². The molecule has 0 bridgehead atoms. The second-order valence-corrected chi connectivity index (χ2v) is 7.17.